The van der Waals surface area contributed by atoms with E-state index in [1.165, 1.54) is 33.8 Å². The van der Waals surface area contributed by atoms with Gasteiger partial charge in [-0.25, -0.2) is 8.42 Å². The van der Waals surface area contributed by atoms with Gasteiger partial charge in [-0.2, -0.15) is 4.31 Å². The Kier molecular flexibility index (Phi) is 6.42. The molecule has 0 radical (unpaired) electrons. The van der Waals surface area contributed by atoms with Crippen LogP contribution >= 0.6 is 11.3 Å². The number of para-hydroxylation sites is 1. The third-order valence-electron chi connectivity index (χ3n) is 4.74. The molecule has 2 aromatic rings. The zero-order chi connectivity index (χ0) is 20.1. The van der Waals surface area contributed by atoms with Crippen LogP contribution in [0.4, 0.5) is 5.69 Å². The highest BCUT2D eigenvalue weighted by Crippen LogP contribution is 2.29. The van der Waals surface area contributed by atoms with Crippen molar-refractivity contribution in [2.24, 2.45) is 0 Å². The first-order valence-corrected chi connectivity index (χ1v) is 11.3. The molecule has 1 saturated heterocycles. The molecule has 2 heterocycles. The molecule has 1 N–H and O–H groups in total. The fraction of sp³-hybridized carbons (Fsp3) is 0.389. The van der Waals surface area contributed by atoms with Gasteiger partial charge in [-0.3, -0.25) is 14.9 Å². The van der Waals surface area contributed by atoms with Gasteiger partial charge in [-0.15, -0.1) is 11.3 Å². The van der Waals surface area contributed by atoms with Crippen molar-refractivity contribution in [1.29, 1.82) is 0 Å². The van der Waals surface area contributed by atoms with Gasteiger partial charge in [0.15, 0.2) is 0 Å². The molecule has 1 fully saturated rings. The van der Waals surface area contributed by atoms with E-state index in [0.29, 0.717) is 17.2 Å². The second-order valence-corrected chi connectivity index (χ2v) is 9.58. The highest BCUT2D eigenvalue weighted by Gasteiger charge is 2.33. The molecule has 150 valence electrons. The molecule has 1 aromatic carbocycles. The van der Waals surface area contributed by atoms with Crippen molar-refractivity contribution in [2.75, 3.05) is 13.1 Å². The lowest BCUT2D eigenvalue weighted by atomic mass is 10.0. The summed E-state index contributed by atoms with van der Waals surface area (Å²) in [5.41, 5.74) is -0.251. The number of nitrogens with one attached hydrogen (secondary N) is 1. The lowest BCUT2D eigenvalue weighted by Gasteiger charge is -2.34. The van der Waals surface area contributed by atoms with Crippen LogP contribution in [0.5, 0.6) is 0 Å². The van der Waals surface area contributed by atoms with E-state index < -0.39 is 20.9 Å². The second kappa shape index (κ2) is 8.80. The molecule has 1 amide bonds. The van der Waals surface area contributed by atoms with E-state index in [-0.39, 0.29) is 23.8 Å². The average molecular weight is 424 g/mol. The van der Waals surface area contributed by atoms with Gasteiger partial charge in [-0.05, 0) is 36.8 Å². The first kappa shape index (κ1) is 20.4. The summed E-state index contributed by atoms with van der Waals surface area (Å²) in [6.45, 7) is 0.703. The topological polar surface area (TPSA) is 110 Å². The Labute approximate surface area is 167 Å². The molecular weight excluding hydrogens is 402 g/mol. The molecule has 8 nitrogen and oxygen atoms in total. The van der Waals surface area contributed by atoms with Crippen LogP contribution < -0.4 is 5.32 Å². The van der Waals surface area contributed by atoms with E-state index in [2.05, 4.69) is 5.32 Å². The molecule has 1 atom stereocenters. The number of piperidine rings is 1. The van der Waals surface area contributed by atoms with E-state index in [9.17, 15) is 23.3 Å². The monoisotopic (exact) mass is 423 g/mol. The molecule has 1 aromatic heterocycles. The maximum absolute atomic E-state index is 12.9. The third kappa shape index (κ3) is 4.40. The number of hydrogen-bond acceptors (Lipinski definition) is 6. The highest BCUT2D eigenvalue weighted by atomic mass is 32.2. The lowest BCUT2D eigenvalue weighted by molar-refractivity contribution is -0.385. The molecule has 0 spiro atoms. The third-order valence-corrected chi connectivity index (χ3v) is 8.06. The van der Waals surface area contributed by atoms with E-state index in [0.717, 1.165) is 19.3 Å². The van der Waals surface area contributed by atoms with Crippen molar-refractivity contribution in [3.8, 4) is 0 Å². The van der Waals surface area contributed by atoms with Crippen LogP contribution in [0.2, 0.25) is 0 Å². The van der Waals surface area contributed by atoms with Crippen LogP contribution in [-0.4, -0.2) is 42.7 Å². The van der Waals surface area contributed by atoms with Crippen LogP contribution in [-0.2, 0) is 10.0 Å². The number of rotatable bonds is 7. The van der Waals surface area contributed by atoms with Gasteiger partial charge in [0.25, 0.3) is 21.6 Å². The smallest absolute Gasteiger partial charge is 0.282 e. The number of amides is 1. The highest BCUT2D eigenvalue weighted by molar-refractivity contribution is 7.91. The van der Waals surface area contributed by atoms with E-state index in [1.54, 1.807) is 23.6 Å². The molecule has 0 bridgehead atoms. The van der Waals surface area contributed by atoms with Crippen LogP contribution in [0.3, 0.4) is 0 Å². The Balaban J connectivity index is 1.65. The molecular formula is C18H21N3O5S2. The van der Waals surface area contributed by atoms with Crippen LogP contribution in [0.1, 0.15) is 36.0 Å². The summed E-state index contributed by atoms with van der Waals surface area (Å²) >= 11 is 1.19. The van der Waals surface area contributed by atoms with Gasteiger partial charge in [0.05, 0.1) is 4.92 Å². The summed E-state index contributed by atoms with van der Waals surface area (Å²) in [5, 5.41) is 15.5. The Bertz CT molecular complexity index is 944. The number of sulfonamides is 1. The number of carbonyl (C=O) groups excluding carboxylic acids is 1. The van der Waals surface area contributed by atoms with Crippen molar-refractivity contribution in [3.05, 3.63) is 57.5 Å². The zero-order valence-corrected chi connectivity index (χ0v) is 16.7. The van der Waals surface area contributed by atoms with E-state index in [1.807, 2.05) is 0 Å². The normalized spacial score (nSPS) is 17.9. The van der Waals surface area contributed by atoms with Crippen LogP contribution in [0.15, 0.2) is 46.0 Å². The van der Waals surface area contributed by atoms with Gasteiger partial charge in [-0.1, -0.05) is 24.6 Å². The maximum Gasteiger partial charge on any atom is 0.282 e. The minimum Gasteiger partial charge on any atom is -0.352 e. The number of nitro benzene ring substituents is 1. The minimum atomic E-state index is -3.54. The van der Waals surface area contributed by atoms with Crippen molar-refractivity contribution >= 4 is 33.0 Å². The molecule has 1 unspecified atom stereocenters. The van der Waals surface area contributed by atoms with Crippen LogP contribution in [0, 0.1) is 10.1 Å². The van der Waals surface area contributed by atoms with E-state index in [4.69, 9.17) is 0 Å². The molecule has 1 aliphatic rings. The predicted octanol–water partition coefficient (Wildman–Crippen LogP) is 3.02. The van der Waals surface area contributed by atoms with E-state index >= 15 is 0 Å². The number of hydrogen-bond donors (Lipinski definition) is 1. The summed E-state index contributed by atoms with van der Waals surface area (Å²) in [4.78, 5) is 22.8. The van der Waals surface area contributed by atoms with Gasteiger partial charge in [0.2, 0.25) is 0 Å². The molecule has 10 heteroatoms. The Morgan fingerprint density at radius 3 is 2.75 bits per heavy atom. The largest absolute Gasteiger partial charge is 0.352 e. The molecule has 3 rings (SSSR count). The molecule has 0 saturated carbocycles. The van der Waals surface area contributed by atoms with Gasteiger partial charge in [0.1, 0.15) is 9.77 Å². The van der Waals surface area contributed by atoms with Gasteiger partial charge >= 0.3 is 0 Å². The Morgan fingerprint density at radius 1 is 1.25 bits per heavy atom. The Hall–Kier alpha value is -2.30. The lowest BCUT2D eigenvalue weighted by Crippen LogP contribution is -2.45. The predicted molar refractivity (Wildman–Crippen MR) is 106 cm³/mol. The summed E-state index contributed by atoms with van der Waals surface area (Å²) in [7, 11) is -3.54. The Morgan fingerprint density at radius 2 is 2.04 bits per heavy atom. The standard InChI is InChI=1S/C18H21N3O5S2/c22-18(15-7-1-2-8-16(15)21(23)24)19-11-10-14-6-3-4-12-20(14)28(25,26)17-9-5-13-27-17/h1-2,5,7-9,13-14H,3-4,6,10-12H2,(H,19,22). The first-order valence-electron chi connectivity index (χ1n) is 8.98. The van der Waals surface area contributed by atoms with Crippen molar-refractivity contribution < 1.29 is 18.1 Å². The quantitative estimate of drug-likeness (QED) is 0.544. The van der Waals surface area contributed by atoms with Crippen LogP contribution in [0.25, 0.3) is 0 Å². The second-order valence-electron chi connectivity index (χ2n) is 6.52. The number of nitro groups is 1. The summed E-state index contributed by atoms with van der Waals surface area (Å²) < 4.78 is 27.6. The summed E-state index contributed by atoms with van der Waals surface area (Å²) in [6.07, 6.45) is 2.92. The van der Waals surface area contributed by atoms with Gasteiger partial charge in [0, 0.05) is 25.2 Å². The SMILES string of the molecule is O=C(NCCC1CCCCN1S(=O)(=O)c1cccs1)c1ccccc1[N+](=O)[O-]. The number of thiophene rings is 1. The molecule has 0 aliphatic carbocycles. The van der Waals surface area contributed by atoms with Crippen molar-refractivity contribution in [3.63, 3.8) is 0 Å². The summed E-state index contributed by atoms with van der Waals surface area (Å²) in [5.74, 6) is -0.532. The first-order chi connectivity index (χ1) is 13.4. The molecule has 28 heavy (non-hydrogen) atoms. The zero-order valence-electron chi connectivity index (χ0n) is 15.1. The van der Waals surface area contributed by atoms with Gasteiger partial charge < -0.3 is 5.32 Å². The summed E-state index contributed by atoms with van der Waals surface area (Å²) in [6, 6.07) is 8.87. The fourth-order valence-corrected chi connectivity index (χ4v) is 6.22. The maximum atomic E-state index is 12.9. The van der Waals surface area contributed by atoms with Crippen molar-refractivity contribution in [2.45, 2.75) is 35.9 Å². The van der Waals surface area contributed by atoms with Crippen molar-refractivity contribution in [1.82, 2.24) is 9.62 Å². The number of carbonyl (C=O) groups is 1. The average Bonchev–Trinajstić information content (AvgIpc) is 3.24. The number of nitrogens with zero attached hydrogens (tertiary/aromatic N) is 2. The molecule has 1 aliphatic heterocycles. The number of benzene rings is 1. The minimum absolute atomic E-state index is 0.000734. The fourth-order valence-electron chi connectivity index (χ4n) is 3.38.